The number of ether oxygens (including phenoxy) is 1. The van der Waals surface area contributed by atoms with Crippen LogP contribution >= 0.6 is 0 Å². The van der Waals surface area contributed by atoms with Gasteiger partial charge in [0.2, 0.25) is 11.3 Å². The summed E-state index contributed by atoms with van der Waals surface area (Å²) in [7, 11) is -11.6. The summed E-state index contributed by atoms with van der Waals surface area (Å²) in [5.41, 5.74) is 2.31. The van der Waals surface area contributed by atoms with Crippen molar-refractivity contribution in [1.82, 2.24) is 14.8 Å². The van der Waals surface area contributed by atoms with Crippen LogP contribution in [0.15, 0.2) is 81.8 Å². The highest BCUT2D eigenvalue weighted by Crippen LogP contribution is 2.51. The van der Waals surface area contributed by atoms with Gasteiger partial charge in [0, 0.05) is 80.2 Å². The van der Waals surface area contributed by atoms with Gasteiger partial charge in [-0.3, -0.25) is 32.9 Å². The molecule has 1 aromatic rings. The van der Waals surface area contributed by atoms with E-state index >= 15 is 0 Å². The Morgan fingerprint density at radius 1 is 0.851 bits per heavy atom. The highest BCUT2D eigenvalue weighted by Gasteiger charge is 2.43. The van der Waals surface area contributed by atoms with Gasteiger partial charge in [-0.05, 0) is 91.6 Å². The van der Waals surface area contributed by atoms with Crippen LogP contribution in [0.1, 0.15) is 89.5 Å². The summed E-state index contributed by atoms with van der Waals surface area (Å²) in [6.45, 7) is 9.78. The number of unbranched alkanes of at least 4 members (excludes halogenated alkanes) is 2. The summed E-state index contributed by atoms with van der Waals surface area (Å²) < 4.78 is 114. The molecular weight excluding hydrogens is 929 g/mol. The minimum atomic E-state index is -4.63. The second-order valence-corrected chi connectivity index (χ2v) is 22.4. The van der Waals surface area contributed by atoms with E-state index in [9.17, 15) is 53.3 Å². The van der Waals surface area contributed by atoms with Crippen molar-refractivity contribution < 1.29 is 62.4 Å². The van der Waals surface area contributed by atoms with Crippen molar-refractivity contribution in [3.05, 3.63) is 94.7 Å². The number of nitrogens with zero attached hydrogens (tertiary/aromatic N) is 3. The Morgan fingerprint density at radius 3 is 2.18 bits per heavy atom. The van der Waals surface area contributed by atoms with Gasteiger partial charge in [-0.2, -0.15) is 25.3 Å². The summed E-state index contributed by atoms with van der Waals surface area (Å²) in [4.78, 5) is 38.9. The standard InChI is InChI=1S/C46H60N4O14S3/c1-45(2,3)37-31-34(64-40-30-33(15-17-36(37)40)48(26-27-63-5)23-11-29-66(57,58)59)12-9-13-41-46(4,21-10-28-65(54,55)56)38-32-35(67(60,61)62)16-18-39(38)49(41)24-8-6-7-14-42(51)47-22-25-50-43(52)19-20-44(50)53/h9,12-13,15-20,30-32H,6-8,10-11,14,21-29H2,1-5H3,(H3-,47,51,54,55,56,57,58,59,60,61,62)/p+1. The molecular formula is C46H61N4O14S3+. The van der Waals surface area contributed by atoms with E-state index in [1.54, 1.807) is 25.3 Å². The van der Waals surface area contributed by atoms with Gasteiger partial charge in [0.25, 0.3) is 42.2 Å². The first-order valence-corrected chi connectivity index (χ1v) is 26.6. The summed E-state index contributed by atoms with van der Waals surface area (Å²) in [5, 5.41) is 3.49. The van der Waals surface area contributed by atoms with Gasteiger partial charge in [-0.1, -0.05) is 33.3 Å². The molecule has 0 spiro atoms. The lowest BCUT2D eigenvalue weighted by molar-refractivity contribution is -0.137. The molecule has 18 nitrogen and oxygen atoms in total. The number of allylic oxidation sites excluding steroid dienone is 3. The van der Waals surface area contributed by atoms with Crippen LogP contribution in [0, 0.1) is 0 Å². The quantitative estimate of drug-likeness (QED) is 0.0439. The lowest BCUT2D eigenvalue weighted by Crippen LogP contribution is -2.38. The zero-order valence-electron chi connectivity index (χ0n) is 38.4. The molecule has 0 fully saturated rings. The normalized spacial score (nSPS) is 17.9. The number of hydrogen-bond acceptors (Lipinski definition) is 12. The molecule has 3 heterocycles. The molecule has 0 saturated carbocycles. The number of imide groups is 1. The SMILES string of the molecule is COCC[N+](CCCS(=O)(=O)O)=c1ccc2c(C(C)(C)C)cc(C=CC=C3N(CCCCCC(=O)NCCN4C(=O)C=CC4=O)c4ccc(S(=O)(=O)O)cc4C3(C)CCCS(=O)(=O)O)oc-2c1. The maximum Gasteiger partial charge on any atom is 0.294 e. The van der Waals surface area contributed by atoms with Crippen molar-refractivity contribution >= 4 is 59.8 Å². The fourth-order valence-electron chi connectivity index (χ4n) is 8.42. The Kier molecular flexibility index (Phi) is 17.3. The van der Waals surface area contributed by atoms with Crippen molar-refractivity contribution in [3.8, 4) is 11.3 Å². The molecule has 0 bridgehead atoms. The lowest BCUT2D eigenvalue weighted by atomic mass is 9.77. The molecule has 3 aliphatic heterocycles. The Labute approximate surface area is 392 Å². The highest BCUT2D eigenvalue weighted by atomic mass is 32.2. The average molecular weight is 990 g/mol. The van der Waals surface area contributed by atoms with Gasteiger partial charge in [0.05, 0.1) is 22.5 Å². The number of carbonyl (C=O) groups is 3. The molecule has 0 radical (unpaired) electrons. The van der Waals surface area contributed by atoms with Crippen LogP contribution in [0.3, 0.4) is 0 Å². The van der Waals surface area contributed by atoms with E-state index in [2.05, 4.69) is 26.1 Å². The van der Waals surface area contributed by atoms with Crippen LogP contribution < -0.4 is 20.1 Å². The van der Waals surface area contributed by atoms with Gasteiger partial charge in [0.1, 0.15) is 24.7 Å². The average Bonchev–Trinajstić information content (AvgIpc) is 3.67. The summed E-state index contributed by atoms with van der Waals surface area (Å²) >= 11 is 0. The number of nitrogens with one attached hydrogen (secondary N) is 1. The minimum absolute atomic E-state index is 0.0139. The van der Waals surface area contributed by atoms with Crippen LogP contribution in [0.2, 0.25) is 0 Å². The van der Waals surface area contributed by atoms with Crippen molar-refractivity contribution in [2.45, 2.75) is 88.4 Å². The number of fused-ring (bicyclic) bond motifs is 2. The first-order valence-electron chi connectivity index (χ1n) is 21.9. The first kappa shape index (κ1) is 52.9. The maximum atomic E-state index is 12.6. The second kappa shape index (κ2) is 21.9. The fourth-order valence-corrected chi connectivity index (χ4v) is 9.93. The molecule has 1 aliphatic carbocycles. The van der Waals surface area contributed by atoms with E-state index in [1.807, 2.05) is 46.7 Å². The number of rotatable bonds is 23. The number of anilines is 1. The molecule has 5 rings (SSSR count). The van der Waals surface area contributed by atoms with Crippen molar-refractivity contribution in [2.75, 3.05) is 62.8 Å². The van der Waals surface area contributed by atoms with Crippen molar-refractivity contribution in [2.24, 2.45) is 0 Å². The van der Waals surface area contributed by atoms with Crippen LogP contribution in [0.5, 0.6) is 0 Å². The smallest absolute Gasteiger partial charge is 0.294 e. The van der Waals surface area contributed by atoms with E-state index in [-0.39, 0.29) is 55.0 Å². The van der Waals surface area contributed by atoms with Gasteiger partial charge >= 0.3 is 0 Å². The zero-order valence-corrected chi connectivity index (χ0v) is 40.9. The van der Waals surface area contributed by atoms with E-state index < -0.39 is 59.1 Å². The first-order chi connectivity index (χ1) is 31.3. The molecule has 0 saturated heterocycles. The number of benzene rings is 2. The van der Waals surface area contributed by atoms with Gasteiger partial charge < -0.3 is 19.4 Å². The third kappa shape index (κ3) is 14.5. The van der Waals surface area contributed by atoms with Gasteiger partial charge in [-0.15, -0.1) is 0 Å². The van der Waals surface area contributed by atoms with Crippen LogP contribution in [-0.2, 0) is 60.3 Å². The third-order valence-corrected chi connectivity index (χ3v) is 14.2. The van der Waals surface area contributed by atoms with Gasteiger partial charge in [-0.25, -0.2) is 4.58 Å². The molecule has 1 atom stereocenters. The number of amides is 3. The molecule has 67 heavy (non-hydrogen) atoms. The number of hydrogen-bond donors (Lipinski definition) is 4. The Balaban J connectivity index is 1.49. The molecule has 1 unspecified atom stereocenters. The number of methoxy groups -OCH3 is 1. The van der Waals surface area contributed by atoms with Crippen LogP contribution in [0.25, 0.3) is 17.4 Å². The molecule has 1 aromatic carbocycles. The molecule has 366 valence electrons. The Bertz CT molecular complexity index is 2790. The van der Waals surface area contributed by atoms with E-state index in [0.717, 1.165) is 21.4 Å². The minimum Gasteiger partial charge on any atom is -0.456 e. The predicted molar refractivity (Wildman–Crippen MR) is 253 cm³/mol. The van der Waals surface area contributed by atoms with Crippen LogP contribution in [-0.4, -0.2) is 119 Å². The fraction of sp³-hybridized carbons (Fsp3) is 0.478. The number of carbonyl (C=O) groups excluding carboxylic acids is 3. The summed E-state index contributed by atoms with van der Waals surface area (Å²) in [6.07, 6.45) is 10.0. The molecule has 0 aromatic heterocycles. The summed E-state index contributed by atoms with van der Waals surface area (Å²) in [6, 6.07) is 12.0. The lowest BCUT2D eigenvalue weighted by Gasteiger charge is -2.30. The van der Waals surface area contributed by atoms with Crippen molar-refractivity contribution in [1.29, 1.82) is 0 Å². The molecule has 3 amide bonds. The third-order valence-electron chi connectivity index (χ3n) is 11.8. The van der Waals surface area contributed by atoms with E-state index in [4.69, 9.17) is 9.15 Å². The maximum absolute atomic E-state index is 12.6. The van der Waals surface area contributed by atoms with Crippen molar-refractivity contribution in [3.63, 3.8) is 0 Å². The van der Waals surface area contributed by atoms with E-state index in [0.29, 0.717) is 74.0 Å². The zero-order chi connectivity index (χ0) is 49.4. The van der Waals surface area contributed by atoms with E-state index in [1.165, 1.54) is 24.3 Å². The second-order valence-electron chi connectivity index (χ2n) is 17.9. The highest BCUT2D eigenvalue weighted by molar-refractivity contribution is 7.86. The monoisotopic (exact) mass is 989 g/mol. The molecule has 4 N–H and O–H groups in total. The van der Waals surface area contributed by atoms with Gasteiger partial charge in [0.15, 0.2) is 6.54 Å². The topological polar surface area (TPSA) is 258 Å². The predicted octanol–water partition coefficient (Wildman–Crippen LogP) is 4.57. The Morgan fingerprint density at radius 2 is 1.54 bits per heavy atom. The Hall–Kier alpha value is -5.03. The van der Waals surface area contributed by atoms with Crippen LogP contribution in [0.4, 0.5) is 5.69 Å². The molecule has 21 heteroatoms. The largest absolute Gasteiger partial charge is 0.456 e. The molecule has 4 aliphatic rings. The summed E-state index contributed by atoms with van der Waals surface area (Å²) in [5.74, 6) is -0.999.